The third-order valence-electron chi connectivity index (χ3n) is 4.65. The van der Waals surface area contributed by atoms with Crippen molar-refractivity contribution in [2.75, 3.05) is 6.26 Å². The Morgan fingerprint density at radius 2 is 1.77 bits per heavy atom. The monoisotopic (exact) mass is 437 g/mol. The van der Waals surface area contributed by atoms with Gasteiger partial charge in [-0.2, -0.15) is 5.10 Å². The van der Waals surface area contributed by atoms with Crippen LogP contribution in [0.15, 0.2) is 29.1 Å². The molecule has 0 radical (unpaired) electrons. The molecule has 1 aromatic carbocycles. The Bertz CT molecular complexity index is 1100. The van der Waals surface area contributed by atoms with Crippen molar-refractivity contribution >= 4 is 32.6 Å². The lowest BCUT2D eigenvalue weighted by Gasteiger charge is -2.22. The van der Waals surface area contributed by atoms with Crippen molar-refractivity contribution in [2.24, 2.45) is 5.92 Å². The van der Waals surface area contributed by atoms with Gasteiger partial charge in [0, 0.05) is 11.9 Å². The molecule has 164 valence electrons. The molecular weight excluding hydrogens is 410 g/mol. The number of aromatic nitrogens is 2. The summed E-state index contributed by atoms with van der Waals surface area (Å²) in [7, 11) is -3.63. The van der Waals surface area contributed by atoms with E-state index in [1.807, 2.05) is 13.8 Å². The number of hydrogen-bond donors (Lipinski definition) is 3. The van der Waals surface area contributed by atoms with Crippen LogP contribution in [0.3, 0.4) is 0 Å². The Balaban J connectivity index is 2.29. The molecule has 0 aliphatic heterocycles. The smallest absolute Gasteiger partial charge is 0.271 e. The summed E-state index contributed by atoms with van der Waals surface area (Å²) in [5.74, 6) is -1.72. The second-order valence-electron chi connectivity index (χ2n) is 7.12. The van der Waals surface area contributed by atoms with Gasteiger partial charge in [0.05, 0.1) is 11.6 Å². The number of nitrogens with one attached hydrogen (secondary N) is 3. The highest BCUT2D eigenvalue weighted by Crippen LogP contribution is 2.13. The van der Waals surface area contributed by atoms with E-state index in [4.69, 9.17) is 0 Å². The average molecular weight is 438 g/mol. The number of sulfonamides is 1. The van der Waals surface area contributed by atoms with Gasteiger partial charge >= 0.3 is 0 Å². The molecule has 1 aromatic heterocycles. The van der Waals surface area contributed by atoms with Crippen molar-refractivity contribution in [1.82, 2.24) is 25.4 Å². The molecule has 10 nitrogen and oxygen atoms in total. The predicted octanol–water partition coefficient (Wildman–Crippen LogP) is 0.531. The van der Waals surface area contributed by atoms with Crippen LogP contribution in [0.5, 0.6) is 0 Å². The number of amides is 2. The maximum Gasteiger partial charge on any atom is 0.290 e. The van der Waals surface area contributed by atoms with Crippen LogP contribution >= 0.6 is 0 Å². The normalized spacial score (nSPS) is 13.6. The molecule has 0 aliphatic carbocycles. The highest BCUT2D eigenvalue weighted by atomic mass is 32.2. The van der Waals surface area contributed by atoms with Gasteiger partial charge in [-0.05, 0) is 18.4 Å². The topological polar surface area (TPSA) is 139 Å². The average Bonchev–Trinajstić information content (AvgIpc) is 2.71. The largest absolute Gasteiger partial charge is 0.290 e. The zero-order valence-electron chi connectivity index (χ0n) is 17.4. The highest BCUT2D eigenvalue weighted by molar-refractivity contribution is 7.88. The van der Waals surface area contributed by atoms with Gasteiger partial charge in [-0.25, -0.2) is 17.8 Å². The van der Waals surface area contributed by atoms with E-state index in [1.54, 1.807) is 31.2 Å². The molecule has 0 aliphatic rings. The van der Waals surface area contributed by atoms with Crippen molar-refractivity contribution < 1.29 is 18.0 Å². The number of carbonyl (C=O) groups excluding carboxylic acids is 2. The van der Waals surface area contributed by atoms with Gasteiger partial charge in [-0.1, -0.05) is 45.4 Å². The standard InChI is InChI=1S/C19H27N5O5S/c1-5-11-24-19(27)14-10-8-7-9-13(14)16(22-24)18(26)21-20-17(25)15(12(3)6-2)23-30(4,28)29/h7-10,12,15,23H,5-6,11H2,1-4H3,(H,20,25)(H,21,26)/t12-,15+/m1/s1. The van der Waals surface area contributed by atoms with Gasteiger partial charge in [0.1, 0.15) is 6.04 Å². The van der Waals surface area contributed by atoms with E-state index < -0.39 is 27.9 Å². The SMILES string of the molecule is CCCn1nc(C(=O)NNC(=O)[C@@H](NS(C)(=O)=O)[C@H](C)CC)c2ccccc2c1=O. The fraction of sp³-hybridized carbons (Fsp3) is 0.474. The minimum atomic E-state index is -3.63. The molecule has 0 saturated heterocycles. The van der Waals surface area contributed by atoms with Gasteiger partial charge in [0.25, 0.3) is 17.4 Å². The number of nitrogens with zero attached hydrogens (tertiary/aromatic N) is 2. The third-order valence-corrected chi connectivity index (χ3v) is 5.34. The van der Waals surface area contributed by atoms with Crippen LogP contribution in [0.25, 0.3) is 10.8 Å². The summed E-state index contributed by atoms with van der Waals surface area (Å²) >= 11 is 0. The molecule has 0 fully saturated rings. The van der Waals surface area contributed by atoms with Crippen LogP contribution in [0, 0.1) is 5.92 Å². The van der Waals surface area contributed by atoms with Crippen molar-refractivity contribution in [3.63, 3.8) is 0 Å². The first kappa shape index (κ1) is 23.5. The molecule has 0 bridgehead atoms. The lowest BCUT2D eigenvalue weighted by Crippen LogP contribution is -2.54. The minimum Gasteiger partial charge on any atom is -0.271 e. The molecule has 0 saturated carbocycles. The maximum atomic E-state index is 12.7. The molecule has 1 heterocycles. The molecule has 11 heteroatoms. The number of fused-ring (bicyclic) bond motifs is 1. The van der Waals surface area contributed by atoms with Crippen LogP contribution in [0.4, 0.5) is 0 Å². The summed E-state index contributed by atoms with van der Waals surface area (Å²) in [6, 6.07) is 5.53. The Labute approximate surface area is 175 Å². The fourth-order valence-corrected chi connectivity index (χ4v) is 3.72. The Kier molecular flexibility index (Phi) is 7.68. The molecule has 0 spiro atoms. The molecule has 30 heavy (non-hydrogen) atoms. The number of carbonyl (C=O) groups is 2. The number of hydrazine groups is 1. The number of hydrogen-bond acceptors (Lipinski definition) is 6. The van der Waals surface area contributed by atoms with Crippen molar-refractivity contribution in [3.05, 3.63) is 40.3 Å². The zero-order valence-corrected chi connectivity index (χ0v) is 18.2. The second kappa shape index (κ2) is 9.81. The van der Waals surface area contributed by atoms with Gasteiger partial charge in [0.2, 0.25) is 10.0 Å². The molecule has 2 rings (SSSR count). The first-order chi connectivity index (χ1) is 14.1. The van der Waals surface area contributed by atoms with Crippen LogP contribution in [-0.2, 0) is 21.4 Å². The quantitative estimate of drug-likeness (QED) is 0.515. The summed E-state index contributed by atoms with van der Waals surface area (Å²) in [6.07, 6.45) is 2.15. The lowest BCUT2D eigenvalue weighted by molar-refractivity contribution is -0.124. The summed E-state index contributed by atoms with van der Waals surface area (Å²) in [4.78, 5) is 37.8. The molecule has 2 amide bonds. The summed E-state index contributed by atoms with van der Waals surface area (Å²) in [6.45, 7) is 5.76. The summed E-state index contributed by atoms with van der Waals surface area (Å²) in [5, 5.41) is 4.85. The summed E-state index contributed by atoms with van der Waals surface area (Å²) < 4.78 is 26.7. The van der Waals surface area contributed by atoms with Crippen molar-refractivity contribution in [1.29, 1.82) is 0 Å². The Morgan fingerprint density at radius 3 is 2.33 bits per heavy atom. The van der Waals surface area contributed by atoms with E-state index in [0.29, 0.717) is 30.2 Å². The summed E-state index contributed by atoms with van der Waals surface area (Å²) in [5.41, 5.74) is 4.21. The van der Waals surface area contributed by atoms with Crippen molar-refractivity contribution in [2.45, 2.75) is 46.2 Å². The third kappa shape index (κ3) is 5.63. The first-order valence-electron chi connectivity index (χ1n) is 9.66. The van der Waals surface area contributed by atoms with Crippen LogP contribution < -0.4 is 21.1 Å². The fourth-order valence-electron chi connectivity index (χ4n) is 2.92. The minimum absolute atomic E-state index is 0.0184. The van der Waals surface area contributed by atoms with E-state index >= 15 is 0 Å². The molecular formula is C19H27N5O5S. The maximum absolute atomic E-state index is 12.7. The van der Waals surface area contributed by atoms with E-state index in [0.717, 1.165) is 6.26 Å². The first-order valence-corrected chi connectivity index (χ1v) is 11.6. The van der Waals surface area contributed by atoms with Crippen LogP contribution in [-0.4, -0.2) is 42.3 Å². The van der Waals surface area contributed by atoms with E-state index in [-0.39, 0.29) is 17.2 Å². The predicted molar refractivity (Wildman–Crippen MR) is 113 cm³/mol. The Hall–Kier alpha value is -2.79. The number of aryl methyl sites for hydroxylation is 1. The van der Waals surface area contributed by atoms with Gasteiger partial charge < -0.3 is 0 Å². The zero-order chi connectivity index (χ0) is 22.5. The van der Waals surface area contributed by atoms with E-state index in [9.17, 15) is 22.8 Å². The Morgan fingerprint density at radius 1 is 1.13 bits per heavy atom. The van der Waals surface area contributed by atoms with Gasteiger partial charge in [-0.3, -0.25) is 25.2 Å². The van der Waals surface area contributed by atoms with Crippen LogP contribution in [0.1, 0.15) is 44.1 Å². The number of benzene rings is 1. The van der Waals surface area contributed by atoms with Crippen LogP contribution in [0.2, 0.25) is 0 Å². The van der Waals surface area contributed by atoms with Gasteiger partial charge in [0.15, 0.2) is 5.69 Å². The van der Waals surface area contributed by atoms with E-state index in [1.165, 1.54) is 4.68 Å². The van der Waals surface area contributed by atoms with E-state index in [2.05, 4.69) is 20.7 Å². The molecule has 3 N–H and O–H groups in total. The van der Waals surface area contributed by atoms with Crippen molar-refractivity contribution in [3.8, 4) is 0 Å². The number of rotatable bonds is 8. The van der Waals surface area contributed by atoms with Gasteiger partial charge in [-0.15, -0.1) is 0 Å². The second-order valence-corrected chi connectivity index (χ2v) is 8.90. The molecule has 0 unspecified atom stereocenters. The lowest BCUT2D eigenvalue weighted by atomic mass is 10.00. The molecule has 2 aromatic rings. The molecule has 2 atom stereocenters. The highest BCUT2D eigenvalue weighted by Gasteiger charge is 2.28.